The maximum Gasteiger partial charge on any atom is 0.166 e. The Morgan fingerprint density at radius 1 is 0.828 bits per heavy atom. The third kappa shape index (κ3) is 4.80. The predicted molar refractivity (Wildman–Crippen MR) is 108 cm³/mol. The van der Waals surface area contributed by atoms with Crippen molar-refractivity contribution in [2.45, 2.75) is 20.5 Å². The Kier molecular flexibility index (Phi) is 6.60. The summed E-state index contributed by atoms with van der Waals surface area (Å²) in [5.74, 6) is -1.52. The van der Waals surface area contributed by atoms with E-state index in [4.69, 9.17) is 9.47 Å². The summed E-state index contributed by atoms with van der Waals surface area (Å²) in [4.78, 5) is 0. The Bertz CT molecular complexity index is 1010. The van der Waals surface area contributed by atoms with Crippen LogP contribution in [0.3, 0.4) is 0 Å². The van der Waals surface area contributed by atoms with Crippen LogP contribution in [0.25, 0.3) is 17.2 Å². The lowest BCUT2D eigenvalue weighted by atomic mass is 10.1. The summed E-state index contributed by atoms with van der Waals surface area (Å²) < 4.78 is 53.0. The molecule has 0 heterocycles. The number of ether oxygens (including phenoxy) is 2. The van der Waals surface area contributed by atoms with Crippen LogP contribution in [0.4, 0.5) is 13.2 Å². The van der Waals surface area contributed by atoms with Gasteiger partial charge < -0.3 is 9.47 Å². The van der Waals surface area contributed by atoms with E-state index in [0.29, 0.717) is 17.9 Å². The molecule has 0 radical (unpaired) electrons. The summed E-state index contributed by atoms with van der Waals surface area (Å²) in [5, 5.41) is 0. The molecule has 0 spiro atoms. The molecule has 0 bridgehead atoms. The van der Waals surface area contributed by atoms with Gasteiger partial charge in [-0.15, -0.1) is 0 Å². The van der Waals surface area contributed by atoms with Gasteiger partial charge in [-0.05, 0) is 49.2 Å². The third-order valence-corrected chi connectivity index (χ3v) is 4.35. The summed E-state index contributed by atoms with van der Waals surface area (Å²) >= 11 is 0. The lowest BCUT2D eigenvalue weighted by Gasteiger charge is -2.10. The van der Waals surface area contributed by atoms with Crippen molar-refractivity contribution in [2.75, 3.05) is 6.61 Å². The Labute approximate surface area is 168 Å². The van der Waals surface area contributed by atoms with Gasteiger partial charge in [0, 0.05) is 11.1 Å². The van der Waals surface area contributed by atoms with Gasteiger partial charge in [0.25, 0.3) is 0 Å². The Hall–Kier alpha value is -3.21. The van der Waals surface area contributed by atoms with E-state index < -0.39 is 17.5 Å². The van der Waals surface area contributed by atoms with Crippen molar-refractivity contribution >= 4 is 6.08 Å². The van der Waals surface area contributed by atoms with E-state index in [1.807, 2.05) is 0 Å². The smallest absolute Gasteiger partial charge is 0.166 e. The molecule has 3 rings (SSSR count). The van der Waals surface area contributed by atoms with Crippen LogP contribution in [0.2, 0.25) is 0 Å². The Morgan fingerprint density at radius 3 is 2.21 bits per heavy atom. The van der Waals surface area contributed by atoms with Crippen molar-refractivity contribution in [3.63, 3.8) is 0 Å². The van der Waals surface area contributed by atoms with Crippen molar-refractivity contribution in [1.82, 2.24) is 0 Å². The highest BCUT2D eigenvalue weighted by atomic mass is 19.2. The molecular weight excluding hydrogens is 377 g/mol. The fourth-order valence-corrected chi connectivity index (χ4v) is 2.88. The molecule has 0 aliphatic carbocycles. The number of allylic oxidation sites excluding steroid dienone is 1. The van der Waals surface area contributed by atoms with Crippen LogP contribution in [0.15, 0.2) is 60.7 Å². The fourth-order valence-electron chi connectivity index (χ4n) is 2.88. The molecule has 0 aliphatic heterocycles. The first-order valence-corrected chi connectivity index (χ1v) is 9.28. The molecule has 3 aromatic carbocycles. The highest BCUT2D eigenvalue weighted by Crippen LogP contribution is 2.27. The second-order valence-electron chi connectivity index (χ2n) is 6.33. The number of hydrogen-bond donors (Lipinski definition) is 0. The molecule has 0 aromatic heterocycles. The quantitative estimate of drug-likeness (QED) is 0.437. The van der Waals surface area contributed by atoms with Crippen molar-refractivity contribution in [1.29, 1.82) is 0 Å². The summed E-state index contributed by atoms with van der Waals surface area (Å²) in [6, 6.07) is 14.7. The van der Waals surface area contributed by atoms with Gasteiger partial charge in [-0.1, -0.05) is 42.5 Å². The van der Waals surface area contributed by atoms with Gasteiger partial charge in [-0.2, -0.15) is 0 Å². The topological polar surface area (TPSA) is 18.5 Å². The van der Waals surface area contributed by atoms with Gasteiger partial charge in [0.2, 0.25) is 0 Å². The van der Waals surface area contributed by atoms with E-state index in [1.165, 1.54) is 24.3 Å². The number of hydrogen-bond acceptors (Lipinski definition) is 2. The summed E-state index contributed by atoms with van der Waals surface area (Å²) in [7, 11) is 0. The number of rotatable bonds is 7. The largest absolute Gasteiger partial charge is 0.491 e. The lowest BCUT2D eigenvalue weighted by Crippen LogP contribution is -2.02. The third-order valence-electron chi connectivity index (χ3n) is 4.35. The second-order valence-corrected chi connectivity index (χ2v) is 6.33. The minimum absolute atomic E-state index is 0.101. The summed E-state index contributed by atoms with van der Waals surface area (Å²) in [6.07, 6.45) is 3.15. The first kappa shape index (κ1) is 20.5. The molecule has 0 saturated heterocycles. The van der Waals surface area contributed by atoms with Gasteiger partial charge in [0.05, 0.1) is 6.61 Å². The van der Waals surface area contributed by atoms with E-state index in [0.717, 1.165) is 5.56 Å². The van der Waals surface area contributed by atoms with Gasteiger partial charge in [0.1, 0.15) is 12.4 Å². The summed E-state index contributed by atoms with van der Waals surface area (Å²) in [5.41, 5.74) is 1.83. The van der Waals surface area contributed by atoms with Crippen LogP contribution in [0.5, 0.6) is 11.5 Å². The molecule has 29 heavy (non-hydrogen) atoms. The van der Waals surface area contributed by atoms with Crippen LogP contribution < -0.4 is 9.47 Å². The molecule has 150 valence electrons. The predicted octanol–water partition coefficient (Wildman–Crippen LogP) is 6.78. The van der Waals surface area contributed by atoms with E-state index in [9.17, 15) is 13.2 Å². The standard InChI is InChI=1S/C24H21F3O2/c1-3-5-17-6-7-19(24(27)23(17)26)15-29-20-11-8-16(9-12-20)18-10-13-22(28-4-2)21(25)14-18/h3,5-14H,4,15H2,1-2H3. The zero-order valence-electron chi connectivity index (χ0n) is 16.2. The minimum atomic E-state index is -0.915. The second kappa shape index (κ2) is 9.32. The fraction of sp³-hybridized carbons (Fsp3) is 0.167. The van der Waals surface area contributed by atoms with Gasteiger partial charge in [-0.3, -0.25) is 0 Å². The highest BCUT2D eigenvalue weighted by Gasteiger charge is 2.12. The van der Waals surface area contributed by atoms with Crippen molar-refractivity contribution in [3.8, 4) is 22.6 Å². The Balaban J connectivity index is 1.70. The maximum atomic E-state index is 14.2. The molecular formula is C24H21F3O2. The first-order chi connectivity index (χ1) is 14.0. The van der Waals surface area contributed by atoms with Crippen LogP contribution >= 0.6 is 0 Å². The lowest BCUT2D eigenvalue weighted by molar-refractivity contribution is 0.297. The molecule has 0 unspecified atom stereocenters. The van der Waals surface area contributed by atoms with E-state index in [-0.39, 0.29) is 23.5 Å². The number of benzene rings is 3. The molecule has 0 saturated carbocycles. The SMILES string of the molecule is CC=Cc1ccc(COc2ccc(-c3ccc(OCC)c(F)c3)cc2)c(F)c1F. The van der Waals surface area contributed by atoms with E-state index in [2.05, 4.69) is 0 Å². The van der Waals surface area contributed by atoms with Crippen LogP contribution in [0, 0.1) is 17.5 Å². The van der Waals surface area contributed by atoms with Crippen molar-refractivity contribution in [3.05, 3.63) is 89.3 Å². The van der Waals surface area contributed by atoms with Crippen molar-refractivity contribution in [2.24, 2.45) is 0 Å². The molecule has 2 nitrogen and oxygen atoms in total. The molecule has 0 N–H and O–H groups in total. The molecule has 0 atom stereocenters. The average Bonchev–Trinajstić information content (AvgIpc) is 2.73. The van der Waals surface area contributed by atoms with Gasteiger partial charge in [-0.25, -0.2) is 13.2 Å². The van der Waals surface area contributed by atoms with Crippen LogP contribution in [0.1, 0.15) is 25.0 Å². The number of halogens is 3. The normalized spacial score (nSPS) is 11.1. The molecule has 0 fully saturated rings. The molecule has 0 amide bonds. The molecule has 5 heteroatoms. The van der Waals surface area contributed by atoms with Gasteiger partial charge >= 0.3 is 0 Å². The average molecular weight is 398 g/mol. The molecule has 3 aromatic rings. The van der Waals surface area contributed by atoms with E-state index >= 15 is 0 Å². The molecule has 0 aliphatic rings. The van der Waals surface area contributed by atoms with Crippen LogP contribution in [-0.2, 0) is 6.61 Å². The zero-order chi connectivity index (χ0) is 20.8. The van der Waals surface area contributed by atoms with Crippen molar-refractivity contribution < 1.29 is 22.6 Å². The first-order valence-electron chi connectivity index (χ1n) is 9.28. The van der Waals surface area contributed by atoms with Crippen LogP contribution in [-0.4, -0.2) is 6.61 Å². The van der Waals surface area contributed by atoms with Gasteiger partial charge in [0.15, 0.2) is 23.2 Å². The highest BCUT2D eigenvalue weighted by molar-refractivity contribution is 5.65. The maximum absolute atomic E-state index is 14.2. The minimum Gasteiger partial charge on any atom is -0.491 e. The monoisotopic (exact) mass is 398 g/mol. The van der Waals surface area contributed by atoms with E-state index in [1.54, 1.807) is 56.3 Å². The summed E-state index contributed by atoms with van der Waals surface area (Å²) in [6.45, 7) is 3.82. The zero-order valence-corrected chi connectivity index (χ0v) is 16.2. The Morgan fingerprint density at radius 2 is 1.55 bits per heavy atom.